The van der Waals surface area contributed by atoms with E-state index in [1.54, 1.807) is 11.9 Å². The Labute approximate surface area is 119 Å². The molecular formula is C15H19NO3S. The Kier molecular flexibility index (Phi) is 3.32. The predicted molar refractivity (Wildman–Crippen MR) is 77.0 cm³/mol. The third-order valence-corrected chi connectivity index (χ3v) is 6.27. The molecule has 4 nitrogen and oxygen atoms in total. The molecule has 1 amide bonds. The van der Waals surface area contributed by atoms with Crippen molar-refractivity contribution in [1.29, 1.82) is 0 Å². The number of carbonyl (C=O) groups is 1. The van der Waals surface area contributed by atoms with Gasteiger partial charge in [-0.2, -0.15) is 0 Å². The van der Waals surface area contributed by atoms with Crippen molar-refractivity contribution >= 4 is 15.7 Å². The van der Waals surface area contributed by atoms with Crippen LogP contribution in [0.1, 0.15) is 30.0 Å². The van der Waals surface area contributed by atoms with Gasteiger partial charge in [-0.25, -0.2) is 8.42 Å². The second kappa shape index (κ2) is 4.88. The number of sulfone groups is 1. The number of hydrogen-bond donors (Lipinski definition) is 0. The van der Waals surface area contributed by atoms with E-state index in [4.69, 9.17) is 0 Å². The van der Waals surface area contributed by atoms with Crippen LogP contribution >= 0.6 is 0 Å². The van der Waals surface area contributed by atoms with Crippen LogP contribution in [-0.4, -0.2) is 37.8 Å². The first-order valence-electron chi connectivity index (χ1n) is 7.03. The molecule has 0 radical (unpaired) electrons. The van der Waals surface area contributed by atoms with E-state index in [1.807, 2.05) is 12.1 Å². The van der Waals surface area contributed by atoms with E-state index in [9.17, 15) is 13.2 Å². The van der Waals surface area contributed by atoms with Gasteiger partial charge in [0.2, 0.25) is 5.91 Å². The number of amides is 1. The predicted octanol–water partition coefficient (Wildman–Crippen LogP) is 1.57. The average molecular weight is 293 g/mol. The van der Waals surface area contributed by atoms with Crippen LogP contribution in [0.5, 0.6) is 0 Å². The van der Waals surface area contributed by atoms with E-state index < -0.39 is 9.84 Å². The van der Waals surface area contributed by atoms with Gasteiger partial charge in [-0.05, 0) is 30.4 Å². The molecule has 5 heteroatoms. The Morgan fingerprint density at radius 2 is 2.00 bits per heavy atom. The summed E-state index contributed by atoms with van der Waals surface area (Å²) in [6.07, 6.45) is 2.39. The fourth-order valence-electron chi connectivity index (χ4n) is 3.37. The van der Waals surface area contributed by atoms with E-state index in [0.29, 0.717) is 6.42 Å². The fraction of sp³-hybridized carbons (Fsp3) is 0.533. The van der Waals surface area contributed by atoms with E-state index in [-0.39, 0.29) is 29.4 Å². The normalized spacial score (nSPS) is 27.2. The molecule has 2 atom stereocenters. The van der Waals surface area contributed by atoms with Crippen molar-refractivity contribution in [2.45, 2.75) is 25.3 Å². The third kappa shape index (κ3) is 2.35. The van der Waals surface area contributed by atoms with Crippen LogP contribution in [0, 0.1) is 5.92 Å². The van der Waals surface area contributed by atoms with Crippen molar-refractivity contribution in [2.75, 3.05) is 18.6 Å². The van der Waals surface area contributed by atoms with E-state index in [0.717, 1.165) is 12.8 Å². The molecule has 1 aliphatic carbocycles. The van der Waals surface area contributed by atoms with Crippen LogP contribution in [0.15, 0.2) is 24.3 Å². The molecule has 1 aliphatic heterocycles. The lowest BCUT2D eigenvalue weighted by Crippen LogP contribution is -2.35. The number of fused-ring (bicyclic) bond motifs is 1. The summed E-state index contributed by atoms with van der Waals surface area (Å²) in [6.45, 7) is 0. The highest BCUT2D eigenvalue weighted by atomic mass is 32.2. The quantitative estimate of drug-likeness (QED) is 0.831. The van der Waals surface area contributed by atoms with Gasteiger partial charge in [0.15, 0.2) is 9.84 Å². The number of hydrogen-bond acceptors (Lipinski definition) is 3. The number of nitrogens with zero attached hydrogens (tertiary/aromatic N) is 1. The monoisotopic (exact) mass is 293 g/mol. The zero-order valence-electron chi connectivity index (χ0n) is 11.6. The van der Waals surface area contributed by atoms with Crippen molar-refractivity contribution in [3.8, 4) is 0 Å². The summed E-state index contributed by atoms with van der Waals surface area (Å²) in [5.74, 6) is -0.200. The van der Waals surface area contributed by atoms with Crippen molar-refractivity contribution < 1.29 is 13.2 Å². The summed E-state index contributed by atoms with van der Waals surface area (Å²) in [7, 11) is -1.20. The maximum absolute atomic E-state index is 12.5. The SMILES string of the molecule is CN(C(=O)[C@H]1CCS(=O)(=O)C1)[C@@H]1CCc2ccccc21. The van der Waals surface area contributed by atoms with Gasteiger partial charge in [-0.3, -0.25) is 4.79 Å². The van der Waals surface area contributed by atoms with Gasteiger partial charge in [0.25, 0.3) is 0 Å². The smallest absolute Gasteiger partial charge is 0.226 e. The minimum atomic E-state index is -3.01. The Balaban J connectivity index is 1.77. The van der Waals surface area contributed by atoms with Gasteiger partial charge in [0, 0.05) is 7.05 Å². The highest BCUT2D eigenvalue weighted by Gasteiger charge is 2.37. The zero-order valence-corrected chi connectivity index (χ0v) is 12.4. The zero-order chi connectivity index (χ0) is 14.3. The molecule has 108 valence electrons. The molecule has 0 bridgehead atoms. The van der Waals surface area contributed by atoms with E-state index in [1.165, 1.54) is 11.1 Å². The van der Waals surface area contributed by atoms with Crippen LogP contribution in [0.4, 0.5) is 0 Å². The molecule has 0 aromatic heterocycles. The molecule has 1 heterocycles. The number of rotatable bonds is 2. The lowest BCUT2D eigenvalue weighted by Gasteiger charge is -2.27. The Morgan fingerprint density at radius 1 is 1.25 bits per heavy atom. The van der Waals surface area contributed by atoms with Crippen molar-refractivity contribution in [1.82, 2.24) is 4.90 Å². The molecule has 0 spiro atoms. The topological polar surface area (TPSA) is 54.5 Å². The molecule has 2 aliphatic rings. The summed E-state index contributed by atoms with van der Waals surface area (Å²) >= 11 is 0. The Hall–Kier alpha value is -1.36. The first-order chi connectivity index (χ1) is 9.48. The Morgan fingerprint density at radius 3 is 2.70 bits per heavy atom. The molecule has 1 aromatic carbocycles. The summed E-state index contributed by atoms with van der Waals surface area (Å²) < 4.78 is 23.0. The van der Waals surface area contributed by atoms with Gasteiger partial charge in [0.1, 0.15) is 0 Å². The first kappa shape index (κ1) is 13.6. The second-order valence-corrected chi connectivity index (χ2v) is 8.03. The van der Waals surface area contributed by atoms with Crippen molar-refractivity contribution in [2.24, 2.45) is 5.92 Å². The molecule has 3 rings (SSSR count). The highest BCUT2D eigenvalue weighted by Crippen LogP contribution is 2.36. The van der Waals surface area contributed by atoms with Crippen LogP contribution in [0.2, 0.25) is 0 Å². The molecule has 1 fully saturated rings. The van der Waals surface area contributed by atoms with E-state index >= 15 is 0 Å². The summed E-state index contributed by atoms with van der Waals surface area (Å²) in [6, 6.07) is 8.29. The molecule has 1 aromatic rings. The minimum Gasteiger partial charge on any atom is -0.338 e. The standard InChI is InChI=1S/C15H19NO3S/c1-16(15(17)12-8-9-20(18,19)10-12)14-7-6-11-4-2-3-5-13(11)14/h2-5,12,14H,6-10H2,1H3/t12-,14+/m0/s1. The number of aryl methyl sites for hydroxylation is 1. The highest BCUT2D eigenvalue weighted by molar-refractivity contribution is 7.91. The molecule has 1 saturated heterocycles. The van der Waals surface area contributed by atoms with Crippen LogP contribution < -0.4 is 0 Å². The van der Waals surface area contributed by atoms with Gasteiger partial charge < -0.3 is 4.90 Å². The summed E-state index contributed by atoms with van der Waals surface area (Å²) in [5.41, 5.74) is 2.51. The van der Waals surface area contributed by atoms with Gasteiger partial charge in [0.05, 0.1) is 23.5 Å². The van der Waals surface area contributed by atoms with Crippen molar-refractivity contribution in [3.63, 3.8) is 0 Å². The maximum Gasteiger partial charge on any atom is 0.226 e. The lowest BCUT2D eigenvalue weighted by molar-refractivity contribution is -0.135. The summed E-state index contributed by atoms with van der Waals surface area (Å²) in [4.78, 5) is 14.3. The average Bonchev–Trinajstić information content (AvgIpc) is 3.00. The van der Waals surface area contributed by atoms with Gasteiger partial charge in [-0.15, -0.1) is 0 Å². The maximum atomic E-state index is 12.5. The number of carbonyl (C=O) groups excluding carboxylic acids is 1. The number of benzene rings is 1. The third-order valence-electron chi connectivity index (χ3n) is 4.50. The van der Waals surface area contributed by atoms with Gasteiger partial charge >= 0.3 is 0 Å². The molecule has 0 saturated carbocycles. The minimum absolute atomic E-state index is 0.0184. The lowest BCUT2D eigenvalue weighted by atomic mass is 10.0. The largest absolute Gasteiger partial charge is 0.338 e. The van der Waals surface area contributed by atoms with Crippen LogP contribution in [-0.2, 0) is 21.1 Å². The molecule has 20 heavy (non-hydrogen) atoms. The van der Waals surface area contributed by atoms with Crippen molar-refractivity contribution in [3.05, 3.63) is 35.4 Å². The molecule has 0 N–H and O–H groups in total. The van der Waals surface area contributed by atoms with Gasteiger partial charge in [-0.1, -0.05) is 24.3 Å². The fourth-order valence-corrected chi connectivity index (χ4v) is 5.10. The first-order valence-corrected chi connectivity index (χ1v) is 8.85. The second-order valence-electron chi connectivity index (χ2n) is 5.80. The Bertz CT molecular complexity index is 638. The van der Waals surface area contributed by atoms with Crippen LogP contribution in [0.3, 0.4) is 0 Å². The van der Waals surface area contributed by atoms with Crippen LogP contribution in [0.25, 0.3) is 0 Å². The summed E-state index contributed by atoms with van der Waals surface area (Å²) in [5, 5.41) is 0. The molecule has 0 unspecified atom stereocenters. The molecular weight excluding hydrogens is 274 g/mol. The van der Waals surface area contributed by atoms with E-state index in [2.05, 4.69) is 12.1 Å².